The van der Waals surface area contributed by atoms with E-state index < -0.39 is 6.09 Å². The van der Waals surface area contributed by atoms with E-state index >= 15 is 0 Å². The maximum atomic E-state index is 10.7. The van der Waals surface area contributed by atoms with Gasteiger partial charge in [0.25, 0.3) is 0 Å². The van der Waals surface area contributed by atoms with Gasteiger partial charge in [-0.1, -0.05) is 6.58 Å². The van der Waals surface area contributed by atoms with Gasteiger partial charge in [0, 0.05) is 24.4 Å². The third-order valence-electron chi connectivity index (χ3n) is 2.86. The fourth-order valence-electron chi connectivity index (χ4n) is 1.90. The number of nitrogens with zero attached hydrogens (tertiary/aromatic N) is 2. The zero-order valence-corrected chi connectivity index (χ0v) is 9.74. The second kappa shape index (κ2) is 4.65. The lowest BCUT2D eigenvalue weighted by Crippen LogP contribution is -2.36. The van der Waals surface area contributed by atoms with Crippen LogP contribution in [0.25, 0.3) is 6.08 Å². The Kier molecular flexibility index (Phi) is 3.24. The molecule has 1 aliphatic heterocycles. The van der Waals surface area contributed by atoms with Crippen molar-refractivity contribution in [1.82, 2.24) is 9.88 Å². The Bertz CT molecular complexity index is 394. The van der Waals surface area contributed by atoms with Crippen molar-refractivity contribution in [3.05, 3.63) is 22.7 Å². The highest BCUT2D eigenvalue weighted by Gasteiger charge is 2.24. The zero-order valence-electron chi connectivity index (χ0n) is 8.93. The third kappa shape index (κ3) is 2.24. The number of piperidine rings is 1. The molecule has 2 rings (SSSR count). The van der Waals surface area contributed by atoms with Gasteiger partial charge in [-0.3, -0.25) is 0 Å². The molecule has 0 spiro atoms. The molecule has 1 saturated heterocycles. The molecule has 0 unspecified atom stereocenters. The molecule has 86 valence electrons. The van der Waals surface area contributed by atoms with E-state index in [0.29, 0.717) is 19.0 Å². The topological polar surface area (TPSA) is 53.4 Å². The van der Waals surface area contributed by atoms with Crippen LogP contribution in [0.1, 0.15) is 29.5 Å². The van der Waals surface area contributed by atoms with Gasteiger partial charge in [-0.15, -0.1) is 11.3 Å². The van der Waals surface area contributed by atoms with Gasteiger partial charge in [0.05, 0.1) is 10.7 Å². The number of carbonyl (C=O) groups is 1. The Morgan fingerprint density at radius 3 is 2.81 bits per heavy atom. The molecule has 1 aliphatic rings. The molecule has 0 bridgehead atoms. The average Bonchev–Trinajstić information content (AvgIpc) is 2.77. The van der Waals surface area contributed by atoms with Crippen molar-refractivity contribution in [2.24, 2.45) is 0 Å². The number of hydrogen-bond donors (Lipinski definition) is 1. The normalized spacial score (nSPS) is 17.4. The Hall–Kier alpha value is -1.36. The van der Waals surface area contributed by atoms with Crippen molar-refractivity contribution < 1.29 is 9.90 Å². The van der Waals surface area contributed by atoms with Gasteiger partial charge in [0.2, 0.25) is 0 Å². The number of thiazole rings is 1. The summed E-state index contributed by atoms with van der Waals surface area (Å²) in [4.78, 5) is 16.7. The second-order valence-electron chi connectivity index (χ2n) is 3.86. The lowest BCUT2D eigenvalue weighted by Gasteiger charge is -2.28. The first-order valence-electron chi connectivity index (χ1n) is 5.26. The first-order chi connectivity index (χ1) is 7.70. The molecule has 4 nitrogen and oxygen atoms in total. The molecule has 2 heterocycles. The van der Waals surface area contributed by atoms with Gasteiger partial charge in [0.1, 0.15) is 0 Å². The standard InChI is InChI=1S/C11H14N2O2S/c1-2-9-7-16-10(12-9)8-3-5-13(6-4-8)11(14)15/h2,7-8H,1,3-6H2,(H,14,15). The van der Waals surface area contributed by atoms with Gasteiger partial charge >= 0.3 is 6.09 Å². The summed E-state index contributed by atoms with van der Waals surface area (Å²) in [6.45, 7) is 4.91. The van der Waals surface area contributed by atoms with Crippen LogP contribution in [-0.4, -0.2) is 34.2 Å². The highest BCUT2D eigenvalue weighted by molar-refractivity contribution is 7.09. The predicted octanol–water partition coefficient (Wildman–Crippen LogP) is 2.64. The second-order valence-corrected chi connectivity index (χ2v) is 4.75. The molecule has 0 aromatic carbocycles. The SMILES string of the molecule is C=Cc1csc(C2CCN(C(=O)O)CC2)n1. The van der Waals surface area contributed by atoms with Gasteiger partial charge in [0.15, 0.2) is 0 Å². The van der Waals surface area contributed by atoms with Gasteiger partial charge in [-0.25, -0.2) is 9.78 Å². The molecule has 1 N–H and O–H groups in total. The van der Waals surface area contributed by atoms with E-state index in [4.69, 9.17) is 5.11 Å². The Morgan fingerprint density at radius 2 is 2.31 bits per heavy atom. The van der Waals surface area contributed by atoms with Crippen LogP contribution < -0.4 is 0 Å². The molecule has 16 heavy (non-hydrogen) atoms. The molecule has 1 aromatic heterocycles. The third-order valence-corrected chi connectivity index (χ3v) is 3.89. The molecular weight excluding hydrogens is 224 g/mol. The van der Waals surface area contributed by atoms with Gasteiger partial charge in [-0.2, -0.15) is 0 Å². The van der Waals surface area contributed by atoms with Crippen LogP contribution in [0, 0.1) is 0 Å². The average molecular weight is 238 g/mol. The van der Waals surface area contributed by atoms with Crippen LogP contribution in [0.5, 0.6) is 0 Å². The highest BCUT2D eigenvalue weighted by Crippen LogP contribution is 2.30. The van der Waals surface area contributed by atoms with Crippen molar-refractivity contribution in [3.63, 3.8) is 0 Å². The predicted molar refractivity (Wildman–Crippen MR) is 63.8 cm³/mol. The van der Waals surface area contributed by atoms with E-state index in [-0.39, 0.29) is 0 Å². The van der Waals surface area contributed by atoms with Crippen molar-refractivity contribution in [3.8, 4) is 0 Å². The van der Waals surface area contributed by atoms with E-state index in [2.05, 4.69) is 11.6 Å². The minimum Gasteiger partial charge on any atom is -0.465 e. The van der Waals surface area contributed by atoms with E-state index in [1.54, 1.807) is 17.4 Å². The van der Waals surface area contributed by atoms with Crippen molar-refractivity contribution in [2.45, 2.75) is 18.8 Å². The Balaban J connectivity index is 1.98. The summed E-state index contributed by atoms with van der Waals surface area (Å²) in [6, 6.07) is 0. The molecule has 1 amide bonds. The maximum absolute atomic E-state index is 10.7. The Labute approximate surface area is 98.2 Å². The van der Waals surface area contributed by atoms with Crippen LogP contribution in [0.3, 0.4) is 0 Å². The van der Waals surface area contributed by atoms with Gasteiger partial charge < -0.3 is 10.0 Å². The van der Waals surface area contributed by atoms with Crippen molar-refractivity contribution >= 4 is 23.5 Å². The molecular formula is C11H14N2O2S. The van der Waals surface area contributed by atoms with E-state index in [0.717, 1.165) is 23.5 Å². The lowest BCUT2D eigenvalue weighted by molar-refractivity contribution is 0.132. The molecule has 1 fully saturated rings. The first kappa shape index (κ1) is 11.1. The minimum atomic E-state index is -0.815. The number of carboxylic acid groups (broad SMARTS) is 1. The lowest BCUT2D eigenvalue weighted by atomic mass is 9.98. The summed E-state index contributed by atoms with van der Waals surface area (Å²) in [6.07, 6.45) is 2.67. The maximum Gasteiger partial charge on any atom is 0.407 e. The molecule has 0 saturated carbocycles. The Morgan fingerprint density at radius 1 is 1.62 bits per heavy atom. The smallest absolute Gasteiger partial charge is 0.407 e. The summed E-state index contributed by atoms with van der Waals surface area (Å²) in [5.41, 5.74) is 0.917. The molecule has 0 radical (unpaired) electrons. The largest absolute Gasteiger partial charge is 0.465 e. The minimum absolute atomic E-state index is 0.411. The molecule has 5 heteroatoms. The fraction of sp³-hybridized carbons (Fsp3) is 0.455. The van der Waals surface area contributed by atoms with Crippen molar-refractivity contribution in [1.29, 1.82) is 0 Å². The molecule has 0 atom stereocenters. The van der Waals surface area contributed by atoms with Crippen LogP contribution in [-0.2, 0) is 0 Å². The van der Waals surface area contributed by atoms with Crippen LogP contribution in [0.4, 0.5) is 4.79 Å². The number of likely N-dealkylation sites (tertiary alicyclic amines) is 1. The number of aromatic nitrogens is 1. The monoisotopic (exact) mass is 238 g/mol. The van der Waals surface area contributed by atoms with E-state index in [1.165, 1.54) is 4.90 Å². The van der Waals surface area contributed by atoms with Gasteiger partial charge in [-0.05, 0) is 18.9 Å². The van der Waals surface area contributed by atoms with E-state index in [9.17, 15) is 4.79 Å². The summed E-state index contributed by atoms with van der Waals surface area (Å²) in [7, 11) is 0. The van der Waals surface area contributed by atoms with Crippen LogP contribution in [0.15, 0.2) is 12.0 Å². The highest BCUT2D eigenvalue weighted by atomic mass is 32.1. The number of amides is 1. The number of hydrogen-bond acceptors (Lipinski definition) is 3. The first-order valence-corrected chi connectivity index (χ1v) is 6.14. The van der Waals surface area contributed by atoms with E-state index in [1.807, 2.05) is 5.38 Å². The summed E-state index contributed by atoms with van der Waals surface area (Å²) < 4.78 is 0. The number of rotatable bonds is 2. The fourth-order valence-corrected chi connectivity index (χ4v) is 2.88. The summed E-state index contributed by atoms with van der Waals surface area (Å²) in [5.74, 6) is 0.411. The summed E-state index contributed by atoms with van der Waals surface area (Å²) in [5, 5.41) is 11.9. The van der Waals surface area contributed by atoms with Crippen molar-refractivity contribution in [2.75, 3.05) is 13.1 Å². The van der Waals surface area contributed by atoms with Crippen LogP contribution in [0.2, 0.25) is 0 Å². The summed E-state index contributed by atoms with van der Waals surface area (Å²) >= 11 is 1.64. The zero-order chi connectivity index (χ0) is 11.5. The van der Waals surface area contributed by atoms with Crippen LogP contribution >= 0.6 is 11.3 Å². The quantitative estimate of drug-likeness (QED) is 0.861. The molecule has 0 aliphatic carbocycles. The molecule has 1 aromatic rings.